The van der Waals surface area contributed by atoms with Crippen LogP contribution in [0.4, 0.5) is 0 Å². The first-order valence-electron chi connectivity index (χ1n) is 13.0. The van der Waals surface area contributed by atoms with Crippen molar-refractivity contribution in [2.24, 2.45) is 28.2 Å². The van der Waals surface area contributed by atoms with Gasteiger partial charge in [0.2, 0.25) is 0 Å². The highest BCUT2D eigenvalue weighted by molar-refractivity contribution is 8.03. The summed E-state index contributed by atoms with van der Waals surface area (Å²) in [5.74, 6) is 0.981. The molecule has 0 spiro atoms. The molecule has 0 aromatic carbocycles. The number of rotatable bonds is 7. The van der Waals surface area contributed by atoms with Crippen LogP contribution in [0.15, 0.2) is 68.4 Å². The van der Waals surface area contributed by atoms with Gasteiger partial charge in [0.25, 0.3) is 0 Å². The maximum atomic E-state index is 13.9. The van der Waals surface area contributed by atoms with E-state index in [0.29, 0.717) is 46.8 Å². The number of nitrogens with one attached hydrogen (secondary N) is 1. The number of carbonyl (C=O) groups excluding carboxylic acids is 1. The first kappa shape index (κ1) is 24.2. The quantitative estimate of drug-likeness (QED) is 0.547. The summed E-state index contributed by atoms with van der Waals surface area (Å²) in [6.07, 6.45) is 13.6. The molecule has 4 aliphatic rings. The minimum atomic E-state index is -0.0977. The zero-order valence-corrected chi connectivity index (χ0v) is 22.2. The van der Waals surface area contributed by atoms with Gasteiger partial charge in [-0.3, -0.25) is 9.78 Å². The van der Waals surface area contributed by atoms with Crippen LogP contribution in [0.25, 0.3) is 11.2 Å². The van der Waals surface area contributed by atoms with Gasteiger partial charge in [0, 0.05) is 47.4 Å². The van der Waals surface area contributed by atoms with Gasteiger partial charge < -0.3 is 5.32 Å². The van der Waals surface area contributed by atoms with Gasteiger partial charge in [-0.25, -0.2) is 15.0 Å². The molecular weight excluding hydrogens is 480 g/mol. The predicted molar refractivity (Wildman–Crippen MR) is 145 cm³/mol. The second kappa shape index (κ2) is 9.30. The van der Waals surface area contributed by atoms with E-state index >= 15 is 0 Å². The van der Waals surface area contributed by atoms with Crippen LogP contribution in [0.2, 0.25) is 0 Å². The Balaban J connectivity index is 1.39. The Hall–Kier alpha value is -3.15. The molecule has 0 saturated heterocycles. The number of pyridine rings is 1. The number of aliphatic imine (C=N–C) groups is 1. The molecule has 7 nitrogen and oxygen atoms in total. The summed E-state index contributed by atoms with van der Waals surface area (Å²) in [5.41, 5.74) is 4.30. The first-order valence-corrected chi connectivity index (χ1v) is 13.8. The Morgan fingerprint density at radius 1 is 1.24 bits per heavy atom. The van der Waals surface area contributed by atoms with Crippen molar-refractivity contribution in [1.82, 2.24) is 20.3 Å². The van der Waals surface area contributed by atoms with Crippen molar-refractivity contribution >= 4 is 34.4 Å². The van der Waals surface area contributed by atoms with Crippen molar-refractivity contribution in [1.29, 1.82) is 5.26 Å². The van der Waals surface area contributed by atoms with Crippen molar-refractivity contribution in [3.8, 4) is 6.07 Å². The number of thioether (sulfide) groups is 1. The number of nitriles is 1. The molecule has 2 fully saturated rings. The number of aromatic nitrogens is 3. The van der Waals surface area contributed by atoms with Crippen LogP contribution in [0, 0.1) is 34.5 Å². The summed E-state index contributed by atoms with van der Waals surface area (Å²) in [6.45, 7) is 4.33. The predicted octanol–water partition coefficient (Wildman–Crippen LogP) is 5.18. The van der Waals surface area contributed by atoms with Crippen molar-refractivity contribution in [2.75, 3.05) is 7.05 Å². The van der Waals surface area contributed by atoms with E-state index in [4.69, 9.17) is 4.99 Å². The van der Waals surface area contributed by atoms with Crippen LogP contribution in [0.1, 0.15) is 46.0 Å². The van der Waals surface area contributed by atoms with E-state index in [1.165, 1.54) is 11.8 Å². The van der Waals surface area contributed by atoms with Gasteiger partial charge in [-0.15, -0.1) is 0 Å². The number of carbonyl (C=O) groups is 1. The number of hydrogen-bond acceptors (Lipinski definition) is 8. The lowest BCUT2D eigenvalue weighted by Crippen LogP contribution is -2.26. The lowest BCUT2D eigenvalue weighted by Gasteiger charge is -2.23. The van der Waals surface area contributed by atoms with E-state index < -0.39 is 0 Å². The molecule has 4 unspecified atom stereocenters. The number of Topliss-reactive ketones (excluding diaryl/α,β-unsaturated/α-hetero) is 1. The molecule has 6 rings (SSSR count). The second-order valence-corrected chi connectivity index (χ2v) is 11.9. The molecule has 8 heteroatoms. The lowest BCUT2D eigenvalue weighted by molar-refractivity contribution is -0.118. The minimum absolute atomic E-state index is 0.0641. The minimum Gasteiger partial charge on any atom is -0.316 e. The van der Waals surface area contributed by atoms with Gasteiger partial charge in [0.15, 0.2) is 11.4 Å². The van der Waals surface area contributed by atoms with Crippen LogP contribution in [0.5, 0.6) is 0 Å². The summed E-state index contributed by atoms with van der Waals surface area (Å²) >= 11 is 1.49. The van der Waals surface area contributed by atoms with Crippen molar-refractivity contribution in [2.45, 2.75) is 56.9 Å². The van der Waals surface area contributed by atoms with E-state index in [0.717, 1.165) is 46.7 Å². The van der Waals surface area contributed by atoms with Crippen molar-refractivity contribution in [3.05, 3.63) is 58.6 Å². The molecule has 4 atom stereocenters. The third-order valence-electron chi connectivity index (χ3n) is 8.54. The molecule has 37 heavy (non-hydrogen) atoms. The second-order valence-electron chi connectivity index (χ2n) is 10.9. The van der Waals surface area contributed by atoms with Gasteiger partial charge in [-0.05, 0) is 67.7 Å². The fourth-order valence-corrected chi connectivity index (χ4v) is 6.96. The highest BCUT2D eigenvalue weighted by Gasteiger charge is 2.61. The zero-order valence-electron chi connectivity index (χ0n) is 21.4. The number of fused-ring (bicyclic) bond motifs is 2. The molecule has 2 aromatic rings. The van der Waals surface area contributed by atoms with E-state index in [9.17, 15) is 10.1 Å². The molecular formula is C29H30N6OS. The summed E-state index contributed by atoms with van der Waals surface area (Å²) in [4.78, 5) is 33.0. The van der Waals surface area contributed by atoms with Crippen molar-refractivity contribution < 1.29 is 4.79 Å². The molecule has 0 amide bonds. The van der Waals surface area contributed by atoms with Gasteiger partial charge in [-0.1, -0.05) is 31.7 Å². The molecule has 188 valence electrons. The zero-order chi connectivity index (χ0) is 25.7. The van der Waals surface area contributed by atoms with E-state index in [-0.39, 0.29) is 17.1 Å². The molecule has 0 radical (unpaired) electrons. The van der Waals surface area contributed by atoms with Crippen LogP contribution in [-0.2, 0) is 4.79 Å². The average Bonchev–Trinajstić information content (AvgIpc) is 3.82. The third-order valence-corrected chi connectivity index (χ3v) is 9.47. The SMILES string of the molecule is CNC1C2CC=C(C3=NC(Sc4cnc5nccnc5c4)=CCC(C#N)=C3C(=O)C(C)C3CC3)CC21C. The lowest BCUT2D eigenvalue weighted by atomic mass is 9.81. The molecule has 2 saturated carbocycles. The highest BCUT2D eigenvalue weighted by Crippen LogP contribution is 2.61. The average molecular weight is 511 g/mol. The van der Waals surface area contributed by atoms with E-state index in [2.05, 4.69) is 39.3 Å². The Morgan fingerprint density at radius 3 is 2.81 bits per heavy atom. The van der Waals surface area contributed by atoms with Crippen molar-refractivity contribution in [3.63, 3.8) is 0 Å². The molecule has 1 N–H and O–H groups in total. The number of allylic oxidation sites excluding steroid dienone is 5. The van der Waals surface area contributed by atoms with Crippen LogP contribution >= 0.6 is 11.8 Å². The van der Waals surface area contributed by atoms with Crippen LogP contribution in [0.3, 0.4) is 0 Å². The Morgan fingerprint density at radius 2 is 2.05 bits per heavy atom. The third kappa shape index (κ3) is 4.34. The van der Waals surface area contributed by atoms with Crippen LogP contribution in [-0.4, -0.2) is 39.5 Å². The smallest absolute Gasteiger partial charge is 0.178 e. The standard InChI is InChI=1S/C29H30N6OS/c1-16(17-4-5-17)26(36)24-19(14-30)7-9-23(37-20-12-22-28(34-15-20)33-11-10-32-22)35-25(24)18-6-8-21-27(31-3)29(21,2)13-18/h6,9-12,15-17,21,27,31H,4-5,7-8,13H2,1-3H3. The summed E-state index contributed by atoms with van der Waals surface area (Å²) < 4.78 is 0. The number of ketones is 1. The first-order chi connectivity index (χ1) is 17.9. The van der Waals surface area contributed by atoms with Gasteiger partial charge in [-0.2, -0.15) is 5.26 Å². The highest BCUT2D eigenvalue weighted by atomic mass is 32.2. The largest absolute Gasteiger partial charge is 0.316 e. The fourth-order valence-electron chi connectivity index (χ4n) is 6.13. The Kier molecular flexibility index (Phi) is 6.09. The van der Waals surface area contributed by atoms with Gasteiger partial charge >= 0.3 is 0 Å². The fraction of sp³-hybridized carbons (Fsp3) is 0.448. The summed E-state index contributed by atoms with van der Waals surface area (Å²) in [6, 6.07) is 4.79. The molecule has 3 heterocycles. The Bertz CT molecular complexity index is 1460. The van der Waals surface area contributed by atoms with E-state index in [1.54, 1.807) is 18.6 Å². The monoisotopic (exact) mass is 510 g/mol. The van der Waals surface area contributed by atoms with Gasteiger partial charge in [0.1, 0.15) is 5.52 Å². The molecule has 3 aliphatic carbocycles. The van der Waals surface area contributed by atoms with Crippen LogP contribution < -0.4 is 5.32 Å². The molecule has 0 bridgehead atoms. The topological polar surface area (TPSA) is 104 Å². The molecule has 1 aliphatic heterocycles. The summed E-state index contributed by atoms with van der Waals surface area (Å²) in [7, 11) is 2.02. The van der Waals surface area contributed by atoms with Gasteiger partial charge in [0.05, 0.1) is 22.4 Å². The van der Waals surface area contributed by atoms with E-state index in [1.807, 2.05) is 26.1 Å². The number of hydrogen-bond donors (Lipinski definition) is 1. The maximum absolute atomic E-state index is 13.9. The number of nitrogens with zero attached hydrogens (tertiary/aromatic N) is 5. The normalized spacial score (nSPS) is 27.9. The summed E-state index contributed by atoms with van der Waals surface area (Å²) in [5, 5.41) is 14.4. The molecule has 2 aromatic heterocycles. The maximum Gasteiger partial charge on any atom is 0.178 e. The Labute approximate surface area is 221 Å².